The van der Waals surface area contributed by atoms with Crippen molar-refractivity contribution in [3.63, 3.8) is 0 Å². The van der Waals surface area contributed by atoms with E-state index in [1.165, 1.54) is 0 Å². The summed E-state index contributed by atoms with van der Waals surface area (Å²) in [4.78, 5) is 14.7. The molecular formula is C16H22N2O2S. The smallest absolute Gasteiger partial charge is 0.241 e. The van der Waals surface area contributed by atoms with E-state index in [9.17, 15) is 4.79 Å². The lowest BCUT2D eigenvalue weighted by Crippen LogP contribution is -2.42. The lowest BCUT2D eigenvalue weighted by atomic mass is 10.1. The summed E-state index contributed by atoms with van der Waals surface area (Å²) in [6.07, 6.45) is 2.09. The lowest BCUT2D eigenvalue weighted by molar-refractivity contribution is -0.132. The lowest BCUT2D eigenvalue weighted by Gasteiger charge is -2.35. The summed E-state index contributed by atoms with van der Waals surface area (Å²) in [5.74, 6) is 3.33. The molecule has 2 heterocycles. The molecule has 5 heteroatoms. The van der Waals surface area contributed by atoms with Crippen LogP contribution >= 0.6 is 11.8 Å². The van der Waals surface area contributed by atoms with Gasteiger partial charge in [-0.3, -0.25) is 10.1 Å². The van der Waals surface area contributed by atoms with Crippen LogP contribution in [0.5, 0.6) is 5.75 Å². The summed E-state index contributed by atoms with van der Waals surface area (Å²) in [5.41, 5.74) is 1.05. The van der Waals surface area contributed by atoms with Gasteiger partial charge in [-0.15, -0.1) is 0 Å². The highest BCUT2D eigenvalue weighted by atomic mass is 32.2. The second kappa shape index (κ2) is 6.28. The van der Waals surface area contributed by atoms with Crippen molar-refractivity contribution in [1.29, 1.82) is 0 Å². The van der Waals surface area contributed by atoms with E-state index in [4.69, 9.17) is 4.74 Å². The number of rotatable bonds is 3. The van der Waals surface area contributed by atoms with Crippen LogP contribution in [0.15, 0.2) is 24.3 Å². The van der Waals surface area contributed by atoms with Gasteiger partial charge in [0.05, 0.1) is 13.2 Å². The fourth-order valence-corrected chi connectivity index (χ4v) is 4.31. The molecule has 1 N–H and O–H groups in total. The predicted octanol–water partition coefficient (Wildman–Crippen LogP) is 2.41. The number of hydrogen-bond acceptors (Lipinski definition) is 4. The first-order valence-corrected chi connectivity index (χ1v) is 8.66. The number of carbonyl (C=O) groups excluding carboxylic acids is 1. The maximum atomic E-state index is 12.6. The van der Waals surface area contributed by atoms with Gasteiger partial charge in [0.2, 0.25) is 5.91 Å². The fraction of sp³-hybridized carbons (Fsp3) is 0.562. The number of hydrogen-bond donors (Lipinski definition) is 1. The highest BCUT2D eigenvalue weighted by molar-refractivity contribution is 7.99. The first kappa shape index (κ1) is 14.7. The zero-order valence-electron chi connectivity index (χ0n) is 12.5. The molecule has 1 amide bonds. The van der Waals surface area contributed by atoms with Crippen molar-refractivity contribution in [2.75, 3.05) is 18.6 Å². The maximum Gasteiger partial charge on any atom is 0.241 e. The van der Waals surface area contributed by atoms with Crippen molar-refractivity contribution in [3.05, 3.63) is 29.8 Å². The Balaban J connectivity index is 1.93. The van der Waals surface area contributed by atoms with Crippen LogP contribution in [0.2, 0.25) is 0 Å². The summed E-state index contributed by atoms with van der Waals surface area (Å²) in [5, 5.41) is 3.43. The molecule has 21 heavy (non-hydrogen) atoms. The van der Waals surface area contributed by atoms with Crippen LogP contribution < -0.4 is 10.1 Å². The number of carbonyl (C=O) groups is 1. The van der Waals surface area contributed by atoms with E-state index in [2.05, 4.69) is 10.2 Å². The fourth-order valence-electron chi connectivity index (χ4n) is 3.23. The first-order valence-electron chi connectivity index (χ1n) is 7.51. The van der Waals surface area contributed by atoms with Gasteiger partial charge in [-0.2, -0.15) is 11.8 Å². The van der Waals surface area contributed by atoms with Gasteiger partial charge < -0.3 is 9.64 Å². The number of nitrogens with zero attached hydrogens (tertiary/aromatic N) is 1. The molecule has 0 radical (unpaired) electrons. The minimum atomic E-state index is -0.130. The van der Waals surface area contributed by atoms with Crippen LogP contribution in [0.3, 0.4) is 0 Å². The second-order valence-electron chi connectivity index (χ2n) is 5.62. The molecule has 0 aromatic heterocycles. The third-order valence-electron chi connectivity index (χ3n) is 4.33. The third kappa shape index (κ3) is 2.77. The Morgan fingerprint density at radius 1 is 1.29 bits per heavy atom. The maximum absolute atomic E-state index is 12.6. The third-order valence-corrected chi connectivity index (χ3v) is 5.38. The van der Waals surface area contributed by atoms with Crippen molar-refractivity contribution >= 4 is 17.7 Å². The second-order valence-corrected chi connectivity index (χ2v) is 6.85. The van der Waals surface area contributed by atoms with Crippen LogP contribution in [0.25, 0.3) is 0 Å². The summed E-state index contributed by atoms with van der Waals surface area (Å²) in [7, 11) is 1.68. The molecule has 2 aliphatic heterocycles. The minimum absolute atomic E-state index is 0.0725. The molecule has 1 aromatic carbocycles. The zero-order chi connectivity index (χ0) is 14.8. The summed E-state index contributed by atoms with van der Waals surface area (Å²) >= 11 is 1.98. The van der Waals surface area contributed by atoms with Gasteiger partial charge in [0.25, 0.3) is 0 Å². The molecule has 114 valence electrons. The molecule has 0 bridgehead atoms. The van der Waals surface area contributed by atoms with E-state index >= 15 is 0 Å². The van der Waals surface area contributed by atoms with Crippen LogP contribution in [0.1, 0.15) is 31.5 Å². The van der Waals surface area contributed by atoms with Gasteiger partial charge in [-0.05, 0) is 37.3 Å². The van der Waals surface area contributed by atoms with E-state index in [1.54, 1.807) is 7.11 Å². The van der Waals surface area contributed by atoms with Crippen molar-refractivity contribution in [2.45, 2.75) is 38.0 Å². The van der Waals surface area contributed by atoms with Crippen LogP contribution in [-0.2, 0) is 4.79 Å². The van der Waals surface area contributed by atoms with E-state index in [-0.39, 0.29) is 18.1 Å². The molecule has 0 aliphatic carbocycles. The molecule has 1 aromatic rings. The molecule has 2 aliphatic rings. The van der Waals surface area contributed by atoms with Crippen molar-refractivity contribution in [1.82, 2.24) is 10.2 Å². The molecule has 2 saturated heterocycles. The highest BCUT2D eigenvalue weighted by Gasteiger charge is 2.42. The number of para-hydroxylation sites is 1. The quantitative estimate of drug-likeness (QED) is 0.931. The Labute approximate surface area is 130 Å². The monoisotopic (exact) mass is 306 g/mol. The Hall–Kier alpha value is -1.20. The van der Waals surface area contributed by atoms with E-state index in [0.717, 1.165) is 35.7 Å². The topological polar surface area (TPSA) is 41.6 Å². The van der Waals surface area contributed by atoms with Gasteiger partial charge in [0, 0.05) is 11.6 Å². The van der Waals surface area contributed by atoms with Crippen LogP contribution in [-0.4, -0.2) is 41.5 Å². The highest BCUT2D eigenvalue weighted by Crippen LogP contribution is 2.36. The Morgan fingerprint density at radius 2 is 2.00 bits per heavy atom. The van der Waals surface area contributed by atoms with Crippen molar-refractivity contribution < 1.29 is 9.53 Å². The van der Waals surface area contributed by atoms with Crippen LogP contribution in [0.4, 0.5) is 0 Å². The molecule has 2 fully saturated rings. The minimum Gasteiger partial charge on any atom is -0.496 e. The summed E-state index contributed by atoms with van der Waals surface area (Å²) < 4.78 is 5.48. The standard InChI is InChI=1S/C16H22N2O2S/c1-11-16(19)18(12-7-9-21-10-8-12)15(17-11)13-5-3-4-6-14(13)20-2/h3-6,11-12,15,17H,7-10H2,1-2H3. The average molecular weight is 306 g/mol. The van der Waals surface area contributed by atoms with E-state index in [0.29, 0.717) is 6.04 Å². The summed E-state index contributed by atoms with van der Waals surface area (Å²) in [6.45, 7) is 1.95. The van der Waals surface area contributed by atoms with Crippen molar-refractivity contribution in [3.8, 4) is 5.75 Å². The van der Waals surface area contributed by atoms with Gasteiger partial charge in [-0.25, -0.2) is 0 Å². The Bertz CT molecular complexity index is 517. The average Bonchev–Trinajstić information content (AvgIpc) is 2.83. The zero-order valence-corrected chi connectivity index (χ0v) is 13.4. The number of ether oxygens (including phenoxy) is 1. The molecule has 0 saturated carbocycles. The number of nitrogens with one attached hydrogen (secondary N) is 1. The largest absolute Gasteiger partial charge is 0.496 e. The SMILES string of the molecule is COc1ccccc1C1NC(C)C(=O)N1C1CCSCC1. The number of thioether (sulfide) groups is 1. The van der Waals surface area contributed by atoms with Gasteiger partial charge in [0.1, 0.15) is 11.9 Å². The van der Waals surface area contributed by atoms with Crippen molar-refractivity contribution in [2.24, 2.45) is 0 Å². The molecule has 4 nitrogen and oxygen atoms in total. The predicted molar refractivity (Wildman–Crippen MR) is 85.5 cm³/mol. The molecule has 2 unspecified atom stereocenters. The molecule has 2 atom stereocenters. The molecular weight excluding hydrogens is 284 g/mol. The summed E-state index contributed by atoms with van der Waals surface area (Å²) in [6, 6.07) is 8.18. The van der Waals surface area contributed by atoms with Crippen LogP contribution in [0, 0.1) is 0 Å². The van der Waals surface area contributed by atoms with E-state index < -0.39 is 0 Å². The Morgan fingerprint density at radius 3 is 2.71 bits per heavy atom. The first-order chi connectivity index (χ1) is 10.2. The number of amides is 1. The Kier molecular flexibility index (Phi) is 4.40. The normalized spacial score (nSPS) is 27.1. The van der Waals surface area contributed by atoms with E-state index in [1.807, 2.05) is 43.0 Å². The van der Waals surface area contributed by atoms with Gasteiger partial charge >= 0.3 is 0 Å². The molecule has 0 spiro atoms. The molecule has 3 rings (SSSR count). The number of methoxy groups -OCH3 is 1. The van der Waals surface area contributed by atoms with Gasteiger partial charge in [0.15, 0.2) is 0 Å². The number of benzene rings is 1. The van der Waals surface area contributed by atoms with Gasteiger partial charge in [-0.1, -0.05) is 18.2 Å².